The molecule has 26 heavy (non-hydrogen) atoms. The van der Waals surface area contributed by atoms with Gasteiger partial charge in [-0.3, -0.25) is 0 Å². The van der Waals surface area contributed by atoms with Gasteiger partial charge in [0.15, 0.2) is 0 Å². The largest absolute Gasteiger partial charge is 0.492 e. The van der Waals surface area contributed by atoms with Crippen molar-refractivity contribution in [2.45, 2.75) is 24.8 Å². The van der Waals surface area contributed by atoms with Crippen molar-refractivity contribution in [1.82, 2.24) is 5.32 Å². The summed E-state index contributed by atoms with van der Waals surface area (Å²) in [6.45, 7) is 1.85. The van der Waals surface area contributed by atoms with E-state index in [0.717, 1.165) is 24.5 Å². The second-order valence-electron chi connectivity index (χ2n) is 6.57. The number of furan rings is 1. The standard InChI is InChI=1S/C22H23NO2.ClH/c1-2-5-17(6-3-1)22(19-12-14-24-15-19)18-8-10-21(11-9-18)25-16-20-7-4-13-23-20;/h1-3,5-6,8-12,14-15,20,22-23H,4,7,13,16H2;1H/t20-,22?;/m1./s1. The number of benzene rings is 2. The van der Waals surface area contributed by atoms with Gasteiger partial charge in [-0.05, 0) is 48.7 Å². The van der Waals surface area contributed by atoms with Crippen LogP contribution in [0.2, 0.25) is 0 Å². The fraction of sp³-hybridized carbons (Fsp3) is 0.273. The van der Waals surface area contributed by atoms with Crippen molar-refractivity contribution in [3.05, 3.63) is 89.9 Å². The average molecular weight is 370 g/mol. The minimum absolute atomic E-state index is 0. The lowest BCUT2D eigenvalue weighted by Gasteiger charge is -2.18. The Hall–Kier alpha value is -2.23. The maximum Gasteiger partial charge on any atom is 0.119 e. The van der Waals surface area contributed by atoms with Gasteiger partial charge in [0.1, 0.15) is 12.4 Å². The molecule has 1 aromatic heterocycles. The summed E-state index contributed by atoms with van der Waals surface area (Å²) in [5.74, 6) is 1.10. The van der Waals surface area contributed by atoms with Crippen molar-refractivity contribution in [3.63, 3.8) is 0 Å². The van der Waals surface area contributed by atoms with Gasteiger partial charge in [0, 0.05) is 17.5 Å². The molecule has 0 bridgehead atoms. The lowest BCUT2D eigenvalue weighted by molar-refractivity contribution is 0.277. The van der Waals surface area contributed by atoms with Gasteiger partial charge in [0.25, 0.3) is 0 Å². The summed E-state index contributed by atoms with van der Waals surface area (Å²) in [7, 11) is 0. The molecule has 4 heteroatoms. The minimum Gasteiger partial charge on any atom is -0.492 e. The Kier molecular flexibility index (Phi) is 6.37. The van der Waals surface area contributed by atoms with Gasteiger partial charge in [-0.1, -0.05) is 42.5 Å². The Morgan fingerprint density at radius 1 is 0.962 bits per heavy atom. The Labute approximate surface area is 160 Å². The number of rotatable bonds is 6. The number of hydrogen-bond acceptors (Lipinski definition) is 3. The topological polar surface area (TPSA) is 34.4 Å². The molecule has 2 aromatic carbocycles. The van der Waals surface area contributed by atoms with E-state index in [4.69, 9.17) is 9.15 Å². The summed E-state index contributed by atoms with van der Waals surface area (Å²) in [6, 6.07) is 21.5. The fourth-order valence-electron chi connectivity index (χ4n) is 3.51. The first-order chi connectivity index (χ1) is 12.4. The van der Waals surface area contributed by atoms with Gasteiger partial charge in [0.2, 0.25) is 0 Å². The third kappa shape index (κ3) is 4.29. The third-order valence-electron chi connectivity index (χ3n) is 4.84. The van der Waals surface area contributed by atoms with Crippen molar-refractivity contribution in [3.8, 4) is 5.75 Å². The molecular weight excluding hydrogens is 346 g/mol. The highest BCUT2D eigenvalue weighted by Crippen LogP contribution is 2.33. The fourth-order valence-corrected chi connectivity index (χ4v) is 3.51. The van der Waals surface area contributed by atoms with Crippen LogP contribution < -0.4 is 10.1 Å². The van der Waals surface area contributed by atoms with Gasteiger partial charge < -0.3 is 14.5 Å². The summed E-state index contributed by atoms with van der Waals surface area (Å²) < 4.78 is 11.3. The molecule has 0 saturated carbocycles. The van der Waals surface area contributed by atoms with Crippen molar-refractivity contribution in [2.24, 2.45) is 0 Å². The number of halogens is 1. The maximum atomic E-state index is 5.94. The molecule has 3 aromatic rings. The van der Waals surface area contributed by atoms with Crippen molar-refractivity contribution in [1.29, 1.82) is 0 Å². The van der Waals surface area contributed by atoms with E-state index >= 15 is 0 Å². The Balaban J connectivity index is 0.00000196. The van der Waals surface area contributed by atoms with Crippen LogP contribution in [0.1, 0.15) is 35.4 Å². The van der Waals surface area contributed by atoms with Crippen molar-refractivity contribution < 1.29 is 9.15 Å². The normalized spacial score (nSPS) is 17.5. The zero-order valence-electron chi connectivity index (χ0n) is 14.6. The monoisotopic (exact) mass is 369 g/mol. The van der Waals surface area contributed by atoms with Crippen LogP contribution in [-0.4, -0.2) is 19.2 Å². The first-order valence-electron chi connectivity index (χ1n) is 8.93. The van der Waals surface area contributed by atoms with Crippen molar-refractivity contribution >= 4 is 12.4 Å². The Morgan fingerprint density at radius 2 is 1.73 bits per heavy atom. The van der Waals surface area contributed by atoms with Crippen LogP contribution in [0.5, 0.6) is 5.75 Å². The van der Waals surface area contributed by atoms with Crippen LogP contribution >= 0.6 is 12.4 Å². The van der Waals surface area contributed by atoms with Gasteiger partial charge in [-0.15, -0.1) is 12.4 Å². The van der Waals surface area contributed by atoms with E-state index < -0.39 is 0 Å². The highest BCUT2D eigenvalue weighted by atomic mass is 35.5. The van der Waals surface area contributed by atoms with E-state index in [0.29, 0.717) is 6.04 Å². The molecule has 0 radical (unpaired) electrons. The zero-order chi connectivity index (χ0) is 16.9. The second kappa shape index (κ2) is 8.93. The Morgan fingerprint density at radius 3 is 2.38 bits per heavy atom. The Bertz CT molecular complexity index is 766. The van der Waals surface area contributed by atoms with E-state index in [1.54, 1.807) is 6.26 Å². The van der Waals surface area contributed by atoms with Gasteiger partial charge >= 0.3 is 0 Å². The van der Waals surface area contributed by atoms with E-state index in [9.17, 15) is 0 Å². The molecule has 1 unspecified atom stereocenters. The summed E-state index contributed by atoms with van der Waals surface area (Å²) in [5.41, 5.74) is 3.65. The molecular formula is C22H24ClNO2. The lowest BCUT2D eigenvalue weighted by atomic mass is 9.87. The molecule has 2 heterocycles. The number of nitrogens with one attached hydrogen (secondary N) is 1. The molecule has 0 aliphatic carbocycles. The summed E-state index contributed by atoms with van der Waals surface area (Å²) in [5, 5.41) is 3.46. The predicted octanol–water partition coefficient (Wildman–Crippen LogP) is 5.01. The molecule has 0 spiro atoms. The smallest absolute Gasteiger partial charge is 0.119 e. The molecule has 1 N–H and O–H groups in total. The first kappa shape index (κ1) is 18.6. The lowest BCUT2D eigenvalue weighted by Crippen LogP contribution is -2.28. The summed E-state index contributed by atoms with van der Waals surface area (Å²) in [4.78, 5) is 0. The quantitative estimate of drug-likeness (QED) is 0.663. The number of hydrogen-bond donors (Lipinski definition) is 1. The highest BCUT2D eigenvalue weighted by Gasteiger charge is 2.18. The van der Waals surface area contributed by atoms with E-state index in [-0.39, 0.29) is 18.3 Å². The van der Waals surface area contributed by atoms with Crippen LogP contribution in [0.25, 0.3) is 0 Å². The predicted molar refractivity (Wildman–Crippen MR) is 106 cm³/mol. The summed E-state index contributed by atoms with van der Waals surface area (Å²) in [6.07, 6.45) is 6.01. The zero-order valence-corrected chi connectivity index (χ0v) is 15.5. The second-order valence-corrected chi connectivity index (χ2v) is 6.57. The molecule has 2 atom stereocenters. The molecule has 1 aliphatic rings. The summed E-state index contributed by atoms with van der Waals surface area (Å²) >= 11 is 0. The average Bonchev–Trinajstić information content (AvgIpc) is 3.36. The van der Waals surface area contributed by atoms with Gasteiger partial charge in [0.05, 0.1) is 12.5 Å². The molecule has 1 saturated heterocycles. The van der Waals surface area contributed by atoms with Gasteiger partial charge in [-0.2, -0.15) is 0 Å². The molecule has 1 fully saturated rings. The van der Waals surface area contributed by atoms with E-state index in [1.165, 1.54) is 24.0 Å². The SMILES string of the molecule is Cl.c1ccc(C(c2ccc(OC[C@H]3CCCN3)cc2)c2ccoc2)cc1. The van der Waals surface area contributed by atoms with Crippen LogP contribution in [0.4, 0.5) is 0 Å². The first-order valence-corrected chi connectivity index (χ1v) is 8.93. The minimum atomic E-state index is 0. The third-order valence-corrected chi connectivity index (χ3v) is 4.84. The van der Waals surface area contributed by atoms with E-state index in [1.807, 2.05) is 18.4 Å². The molecule has 3 nitrogen and oxygen atoms in total. The number of ether oxygens (including phenoxy) is 1. The highest BCUT2D eigenvalue weighted by molar-refractivity contribution is 5.85. The molecule has 1 aliphatic heterocycles. The molecule has 4 rings (SSSR count). The van der Waals surface area contributed by atoms with Crippen LogP contribution in [0.3, 0.4) is 0 Å². The van der Waals surface area contributed by atoms with Crippen LogP contribution in [0, 0.1) is 0 Å². The van der Waals surface area contributed by atoms with E-state index in [2.05, 4.69) is 53.8 Å². The molecule has 0 amide bonds. The van der Waals surface area contributed by atoms with Gasteiger partial charge in [-0.25, -0.2) is 0 Å². The van der Waals surface area contributed by atoms with Crippen LogP contribution in [0.15, 0.2) is 77.6 Å². The maximum absolute atomic E-state index is 5.94. The van der Waals surface area contributed by atoms with Crippen LogP contribution in [-0.2, 0) is 0 Å². The van der Waals surface area contributed by atoms with Crippen molar-refractivity contribution in [2.75, 3.05) is 13.2 Å². The molecule has 136 valence electrons.